The summed E-state index contributed by atoms with van der Waals surface area (Å²) in [6.45, 7) is 3.43. The predicted molar refractivity (Wildman–Crippen MR) is 140 cm³/mol. The largest absolute Gasteiger partial charge is 0.493 e. The molecule has 0 radical (unpaired) electrons. The van der Waals surface area contributed by atoms with Crippen molar-refractivity contribution in [3.8, 4) is 11.5 Å². The van der Waals surface area contributed by atoms with E-state index in [4.69, 9.17) is 28.4 Å². The highest BCUT2D eigenvalue weighted by molar-refractivity contribution is 5.98. The van der Waals surface area contributed by atoms with Gasteiger partial charge in [-0.05, 0) is 51.5 Å². The first-order chi connectivity index (χ1) is 19.3. The summed E-state index contributed by atoms with van der Waals surface area (Å²) in [6.07, 6.45) is 7.49. The third-order valence-electron chi connectivity index (χ3n) is 6.41. The number of amides is 1. The third kappa shape index (κ3) is 9.60. The van der Waals surface area contributed by atoms with E-state index in [1.165, 1.54) is 31.0 Å². The lowest BCUT2D eigenvalue weighted by molar-refractivity contribution is -0.156. The SMILES string of the molecule is CCOCC(=O)OCOc1c(OC)ccnc1C(=O)N[C@H]1COCCC(CC2=CC=C(F)CC2)CC(C)OC1=O. The Labute approximate surface area is 233 Å². The first kappa shape index (κ1) is 31.0. The van der Waals surface area contributed by atoms with Gasteiger partial charge in [0.05, 0.1) is 19.8 Å². The van der Waals surface area contributed by atoms with E-state index in [9.17, 15) is 18.8 Å². The number of rotatable bonds is 11. The maximum atomic E-state index is 13.3. The smallest absolute Gasteiger partial charge is 0.334 e. The molecule has 220 valence electrons. The van der Waals surface area contributed by atoms with Crippen LogP contribution in [0.3, 0.4) is 0 Å². The Hall–Kier alpha value is -3.51. The summed E-state index contributed by atoms with van der Waals surface area (Å²) in [5, 5.41) is 2.61. The van der Waals surface area contributed by atoms with Crippen LogP contribution in [0, 0.1) is 5.92 Å². The van der Waals surface area contributed by atoms with E-state index < -0.39 is 36.8 Å². The van der Waals surface area contributed by atoms with E-state index >= 15 is 0 Å². The number of allylic oxidation sites excluding steroid dienone is 4. The van der Waals surface area contributed by atoms with Gasteiger partial charge in [-0.3, -0.25) is 4.79 Å². The minimum atomic E-state index is -1.09. The van der Waals surface area contributed by atoms with E-state index in [-0.39, 0.29) is 42.2 Å². The Morgan fingerprint density at radius 2 is 2.08 bits per heavy atom. The maximum Gasteiger partial charge on any atom is 0.334 e. The van der Waals surface area contributed by atoms with Crippen molar-refractivity contribution in [1.29, 1.82) is 0 Å². The number of esters is 2. The number of hydrogen-bond acceptors (Lipinski definition) is 10. The molecule has 40 heavy (non-hydrogen) atoms. The molecule has 1 aromatic heterocycles. The van der Waals surface area contributed by atoms with E-state index in [2.05, 4.69) is 10.3 Å². The van der Waals surface area contributed by atoms with Gasteiger partial charge in [0.2, 0.25) is 6.79 Å². The molecule has 1 aliphatic carbocycles. The molecule has 2 unspecified atom stereocenters. The van der Waals surface area contributed by atoms with Gasteiger partial charge in [0, 0.05) is 31.9 Å². The van der Waals surface area contributed by atoms with Crippen molar-refractivity contribution in [3.63, 3.8) is 0 Å². The summed E-state index contributed by atoms with van der Waals surface area (Å²) in [6, 6.07) is 0.383. The molecule has 0 saturated carbocycles. The van der Waals surface area contributed by atoms with Crippen molar-refractivity contribution < 1.29 is 47.2 Å². The molecule has 1 saturated heterocycles. The Balaban J connectivity index is 1.62. The van der Waals surface area contributed by atoms with E-state index in [0.29, 0.717) is 32.5 Å². The molecule has 2 aliphatic rings. The Kier molecular flexibility index (Phi) is 12.4. The normalized spacial score (nSPS) is 21.8. The molecule has 12 heteroatoms. The zero-order valence-electron chi connectivity index (χ0n) is 23.1. The number of hydrogen-bond donors (Lipinski definition) is 1. The van der Waals surface area contributed by atoms with Crippen LogP contribution in [0.25, 0.3) is 0 Å². The van der Waals surface area contributed by atoms with Crippen molar-refractivity contribution in [2.45, 2.75) is 58.1 Å². The van der Waals surface area contributed by atoms with Crippen LogP contribution in [0.2, 0.25) is 0 Å². The van der Waals surface area contributed by atoms with E-state index in [0.717, 1.165) is 12.8 Å². The van der Waals surface area contributed by atoms with Crippen molar-refractivity contribution in [2.75, 3.05) is 40.3 Å². The molecule has 11 nitrogen and oxygen atoms in total. The third-order valence-corrected chi connectivity index (χ3v) is 6.41. The Morgan fingerprint density at radius 1 is 1.25 bits per heavy atom. The number of carbonyl (C=O) groups excluding carboxylic acids is 3. The fourth-order valence-electron chi connectivity index (χ4n) is 4.42. The topological polar surface area (TPSA) is 132 Å². The fourth-order valence-corrected chi connectivity index (χ4v) is 4.42. The van der Waals surface area contributed by atoms with Crippen LogP contribution < -0.4 is 14.8 Å². The van der Waals surface area contributed by atoms with Crippen molar-refractivity contribution in [1.82, 2.24) is 10.3 Å². The van der Waals surface area contributed by atoms with Crippen LogP contribution in [0.1, 0.15) is 56.4 Å². The van der Waals surface area contributed by atoms with Gasteiger partial charge in [-0.1, -0.05) is 11.6 Å². The molecule has 1 aliphatic heterocycles. The van der Waals surface area contributed by atoms with Gasteiger partial charge < -0.3 is 33.7 Å². The average Bonchev–Trinajstić information content (AvgIpc) is 2.94. The van der Waals surface area contributed by atoms with E-state index in [1.807, 2.05) is 13.0 Å². The van der Waals surface area contributed by atoms with Gasteiger partial charge in [-0.15, -0.1) is 0 Å². The van der Waals surface area contributed by atoms with Crippen molar-refractivity contribution in [3.05, 3.63) is 41.5 Å². The minimum absolute atomic E-state index is 0.0659. The molecule has 0 bridgehead atoms. The summed E-state index contributed by atoms with van der Waals surface area (Å²) < 4.78 is 45.4. The summed E-state index contributed by atoms with van der Waals surface area (Å²) in [4.78, 5) is 41.9. The molecule has 3 rings (SSSR count). The number of pyridine rings is 1. The van der Waals surface area contributed by atoms with Crippen molar-refractivity contribution >= 4 is 17.8 Å². The second kappa shape index (κ2) is 15.9. The quantitative estimate of drug-likeness (QED) is 0.315. The number of cyclic esters (lactones) is 1. The molecule has 1 amide bonds. The first-order valence-electron chi connectivity index (χ1n) is 13.3. The molecule has 1 aromatic rings. The number of nitrogens with one attached hydrogen (secondary N) is 1. The lowest BCUT2D eigenvalue weighted by Crippen LogP contribution is -2.46. The first-order valence-corrected chi connectivity index (χ1v) is 13.3. The zero-order chi connectivity index (χ0) is 28.9. The van der Waals surface area contributed by atoms with Gasteiger partial charge in [-0.2, -0.15) is 0 Å². The van der Waals surface area contributed by atoms with Crippen LogP contribution >= 0.6 is 0 Å². The molecule has 3 atom stereocenters. The number of aromatic nitrogens is 1. The number of ether oxygens (including phenoxy) is 6. The highest BCUT2D eigenvalue weighted by Crippen LogP contribution is 2.31. The average molecular weight is 565 g/mol. The summed E-state index contributed by atoms with van der Waals surface area (Å²) in [5.41, 5.74) is 0.990. The zero-order valence-corrected chi connectivity index (χ0v) is 23.1. The summed E-state index contributed by atoms with van der Waals surface area (Å²) in [7, 11) is 1.38. The standard InChI is InChI=1S/C28H37FN2O9/c1-4-36-16-24(32)38-17-39-26-23(35-3)9-11-30-25(26)27(33)31-22-15-37-12-10-20(13-18(2)40-28(22)34)14-19-5-7-21(29)8-6-19/h5,7,9,11,18,20,22H,4,6,8,10,12-17H2,1-3H3,(H,31,33)/t18?,20?,22-/m0/s1. The van der Waals surface area contributed by atoms with Crippen LogP contribution in [0.15, 0.2) is 35.8 Å². The number of carbonyl (C=O) groups is 3. The maximum absolute atomic E-state index is 13.3. The number of halogens is 1. The summed E-state index contributed by atoms with van der Waals surface area (Å²) in [5.74, 6) is -1.81. The van der Waals surface area contributed by atoms with Gasteiger partial charge in [-0.25, -0.2) is 19.0 Å². The highest BCUT2D eigenvalue weighted by Gasteiger charge is 2.30. The molecule has 1 fully saturated rings. The molecular weight excluding hydrogens is 527 g/mol. The van der Waals surface area contributed by atoms with Gasteiger partial charge in [0.15, 0.2) is 23.2 Å². The molecule has 0 aromatic carbocycles. The lowest BCUT2D eigenvalue weighted by atomic mass is 9.88. The molecule has 0 spiro atoms. The molecule has 1 N–H and O–H groups in total. The van der Waals surface area contributed by atoms with Crippen LogP contribution in [0.4, 0.5) is 4.39 Å². The molecule has 2 heterocycles. The predicted octanol–water partition coefficient (Wildman–Crippen LogP) is 3.43. The van der Waals surface area contributed by atoms with Gasteiger partial charge in [0.1, 0.15) is 12.4 Å². The Morgan fingerprint density at radius 3 is 2.80 bits per heavy atom. The monoisotopic (exact) mass is 564 g/mol. The second-order valence-electron chi connectivity index (χ2n) is 9.49. The van der Waals surface area contributed by atoms with Crippen LogP contribution in [0.5, 0.6) is 11.5 Å². The van der Waals surface area contributed by atoms with E-state index in [1.54, 1.807) is 6.92 Å². The van der Waals surface area contributed by atoms with Gasteiger partial charge >= 0.3 is 11.9 Å². The van der Waals surface area contributed by atoms with Gasteiger partial charge in [0.25, 0.3) is 5.91 Å². The fraction of sp³-hybridized carbons (Fsp3) is 0.571. The minimum Gasteiger partial charge on any atom is -0.493 e. The second-order valence-corrected chi connectivity index (χ2v) is 9.49. The summed E-state index contributed by atoms with van der Waals surface area (Å²) >= 11 is 0. The lowest BCUT2D eigenvalue weighted by Gasteiger charge is -2.27. The number of nitrogens with zero attached hydrogens (tertiary/aromatic N) is 1. The van der Waals surface area contributed by atoms with Crippen LogP contribution in [-0.4, -0.2) is 75.3 Å². The Bertz CT molecular complexity index is 1090. The highest BCUT2D eigenvalue weighted by atomic mass is 19.1. The molecular formula is C28H37FN2O9. The number of methoxy groups -OCH3 is 1. The van der Waals surface area contributed by atoms with Crippen molar-refractivity contribution in [2.24, 2.45) is 5.92 Å². The van der Waals surface area contributed by atoms with Crippen LogP contribution in [-0.2, 0) is 28.5 Å².